The molecule has 3 atom stereocenters. The molecule has 37 heavy (non-hydrogen) atoms. The number of ketones is 1. The van der Waals surface area contributed by atoms with Gasteiger partial charge in [0, 0.05) is 31.5 Å². The lowest BCUT2D eigenvalue weighted by Gasteiger charge is -2.32. The fourth-order valence-electron chi connectivity index (χ4n) is 4.80. The number of rotatable bonds is 8. The van der Waals surface area contributed by atoms with Crippen LogP contribution in [0.3, 0.4) is 0 Å². The van der Waals surface area contributed by atoms with E-state index in [0.717, 1.165) is 5.56 Å². The van der Waals surface area contributed by atoms with Gasteiger partial charge in [-0.2, -0.15) is 0 Å². The topological polar surface area (TPSA) is 124 Å². The highest BCUT2D eigenvalue weighted by Crippen LogP contribution is 2.45. The number of esters is 1. The molecule has 2 aliphatic rings. The van der Waals surface area contributed by atoms with Crippen LogP contribution < -0.4 is 14.4 Å². The molecule has 1 N–H and O–H groups in total. The van der Waals surface area contributed by atoms with Crippen LogP contribution in [0, 0.1) is 0 Å². The largest absolute Gasteiger partial charge is 0.497 e. The first kappa shape index (κ1) is 26.2. The molecule has 2 aliphatic heterocycles. The Balaban J connectivity index is 1.88. The number of anilines is 1. The van der Waals surface area contributed by atoms with Crippen LogP contribution >= 0.6 is 0 Å². The van der Waals surface area contributed by atoms with Crippen LogP contribution in [0.4, 0.5) is 10.5 Å². The zero-order valence-electron chi connectivity index (χ0n) is 21.1. The molecule has 2 aromatic carbocycles. The van der Waals surface area contributed by atoms with E-state index < -0.39 is 36.7 Å². The zero-order chi connectivity index (χ0) is 26.7. The molecule has 2 heterocycles. The maximum atomic E-state index is 13.6. The summed E-state index contributed by atoms with van der Waals surface area (Å²) in [6.07, 6.45) is -0.624. The summed E-state index contributed by atoms with van der Waals surface area (Å²) in [4.78, 5) is 41.9. The molecular formula is C26H30N2O9. The highest BCUT2D eigenvalue weighted by molar-refractivity contribution is 6.01. The molecule has 11 nitrogen and oxygen atoms in total. The lowest BCUT2D eigenvalue weighted by atomic mass is 9.87. The number of hydrogen-bond donors (Lipinski definition) is 1. The van der Waals surface area contributed by atoms with Gasteiger partial charge in [-0.15, -0.1) is 0 Å². The summed E-state index contributed by atoms with van der Waals surface area (Å²) in [5, 5.41) is 10.4. The number of amides is 1. The summed E-state index contributed by atoms with van der Waals surface area (Å²) in [6.45, 7) is -0.0312. The van der Waals surface area contributed by atoms with Crippen molar-refractivity contribution in [2.24, 2.45) is 0 Å². The monoisotopic (exact) mass is 514 g/mol. The Bertz CT molecular complexity index is 1170. The third kappa shape index (κ3) is 5.05. The highest BCUT2D eigenvalue weighted by atomic mass is 16.7. The van der Waals surface area contributed by atoms with Crippen molar-refractivity contribution in [3.63, 3.8) is 0 Å². The van der Waals surface area contributed by atoms with Gasteiger partial charge in [0.25, 0.3) is 0 Å². The Labute approximate surface area is 214 Å². The van der Waals surface area contributed by atoms with Gasteiger partial charge in [-0.25, -0.2) is 9.59 Å². The zero-order valence-corrected chi connectivity index (χ0v) is 21.1. The van der Waals surface area contributed by atoms with E-state index in [2.05, 4.69) is 0 Å². The number of carbonyl (C=O) groups excluding carboxylic acids is 3. The molecule has 0 unspecified atom stereocenters. The maximum absolute atomic E-state index is 13.6. The SMILES string of the molecule is COCOc1cc(C(=O)OC)cc2c1[C@@H](CO)C(=O)[C@@H]1[C@H](CN2Cc2ccc(OC)cc2)N1C(=O)OC. The summed E-state index contributed by atoms with van der Waals surface area (Å²) < 4.78 is 26.0. The van der Waals surface area contributed by atoms with E-state index in [1.807, 2.05) is 29.2 Å². The normalized spacial score (nSPS) is 20.2. The van der Waals surface area contributed by atoms with Gasteiger partial charge >= 0.3 is 12.1 Å². The van der Waals surface area contributed by atoms with E-state index in [-0.39, 0.29) is 30.4 Å². The van der Waals surface area contributed by atoms with Crippen LogP contribution in [0.1, 0.15) is 27.4 Å². The number of nitrogens with zero attached hydrogens (tertiary/aromatic N) is 2. The quantitative estimate of drug-likeness (QED) is 0.318. The third-order valence-electron chi connectivity index (χ3n) is 6.64. The fourth-order valence-corrected chi connectivity index (χ4v) is 4.80. The average molecular weight is 515 g/mol. The number of methoxy groups -OCH3 is 4. The molecule has 2 aromatic rings. The summed E-state index contributed by atoms with van der Waals surface area (Å²) in [5.74, 6) is -1.05. The van der Waals surface area contributed by atoms with Crippen molar-refractivity contribution in [1.29, 1.82) is 0 Å². The van der Waals surface area contributed by atoms with Crippen LogP contribution in [-0.4, -0.2) is 88.3 Å². The van der Waals surface area contributed by atoms with Crippen molar-refractivity contribution >= 4 is 23.5 Å². The second-order valence-corrected chi connectivity index (χ2v) is 8.71. The lowest BCUT2D eigenvalue weighted by molar-refractivity contribution is -0.121. The highest BCUT2D eigenvalue weighted by Gasteiger charge is 2.59. The van der Waals surface area contributed by atoms with Gasteiger partial charge in [0.05, 0.1) is 45.5 Å². The smallest absolute Gasteiger partial charge is 0.410 e. The van der Waals surface area contributed by atoms with E-state index in [4.69, 9.17) is 23.7 Å². The maximum Gasteiger partial charge on any atom is 0.410 e. The molecule has 0 saturated carbocycles. The Morgan fingerprint density at radius 2 is 1.78 bits per heavy atom. The number of hydrogen-bond acceptors (Lipinski definition) is 10. The molecule has 1 amide bonds. The molecule has 0 spiro atoms. The van der Waals surface area contributed by atoms with Gasteiger partial charge < -0.3 is 33.7 Å². The first-order valence-electron chi connectivity index (χ1n) is 11.6. The predicted octanol–water partition coefficient (Wildman–Crippen LogP) is 1.95. The van der Waals surface area contributed by atoms with Gasteiger partial charge in [0.2, 0.25) is 0 Å². The molecule has 0 radical (unpaired) electrons. The Morgan fingerprint density at radius 3 is 2.38 bits per heavy atom. The van der Waals surface area contributed by atoms with Gasteiger partial charge in [-0.3, -0.25) is 9.69 Å². The predicted molar refractivity (Wildman–Crippen MR) is 131 cm³/mol. The van der Waals surface area contributed by atoms with Crippen molar-refractivity contribution in [2.45, 2.75) is 24.5 Å². The minimum absolute atomic E-state index is 0.151. The number of aliphatic hydroxyl groups excluding tert-OH is 1. The van der Waals surface area contributed by atoms with Gasteiger partial charge in [-0.1, -0.05) is 12.1 Å². The fraction of sp³-hybridized carbons (Fsp3) is 0.423. The van der Waals surface area contributed by atoms with Crippen LogP contribution in [-0.2, 0) is 25.5 Å². The van der Waals surface area contributed by atoms with E-state index >= 15 is 0 Å². The van der Waals surface area contributed by atoms with Crippen LogP contribution in [0.15, 0.2) is 36.4 Å². The van der Waals surface area contributed by atoms with Crippen molar-refractivity contribution in [3.8, 4) is 11.5 Å². The molecule has 1 saturated heterocycles. The Morgan fingerprint density at radius 1 is 1.05 bits per heavy atom. The van der Waals surface area contributed by atoms with Gasteiger partial charge in [-0.05, 0) is 29.8 Å². The lowest BCUT2D eigenvalue weighted by Crippen LogP contribution is -2.36. The molecular weight excluding hydrogens is 484 g/mol. The van der Waals surface area contributed by atoms with Crippen LogP contribution in [0.25, 0.3) is 0 Å². The molecule has 0 aromatic heterocycles. The minimum Gasteiger partial charge on any atom is -0.497 e. The van der Waals surface area contributed by atoms with Crippen molar-refractivity contribution in [3.05, 3.63) is 53.1 Å². The second-order valence-electron chi connectivity index (χ2n) is 8.71. The van der Waals surface area contributed by atoms with E-state index in [1.54, 1.807) is 13.2 Å². The number of benzene rings is 2. The number of Topliss-reactive ketones (excluding diaryl/α,β-unsaturated/α-hetero) is 1. The van der Waals surface area contributed by atoms with Gasteiger partial charge in [0.15, 0.2) is 12.6 Å². The van der Waals surface area contributed by atoms with E-state index in [9.17, 15) is 19.5 Å². The molecule has 11 heteroatoms. The van der Waals surface area contributed by atoms with E-state index in [1.165, 1.54) is 32.3 Å². The van der Waals surface area contributed by atoms with Gasteiger partial charge in [0.1, 0.15) is 17.5 Å². The van der Waals surface area contributed by atoms with E-state index in [0.29, 0.717) is 23.5 Å². The molecule has 0 bridgehead atoms. The third-order valence-corrected chi connectivity index (χ3v) is 6.64. The summed E-state index contributed by atoms with van der Waals surface area (Å²) >= 11 is 0. The number of carbonyl (C=O) groups is 3. The van der Waals surface area contributed by atoms with Crippen molar-refractivity contribution < 1.29 is 43.2 Å². The summed E-state index contributed by atoms with van der Waals surface area (Å²) in [5.41, 5.74) is 2.03. The number of aliphatic hydroxyl groups is 1. The molecule has 0 aliphatic carbocycles. The van der Waals surface area contributed by atoms with Crippen molar-refractivity contribution in [1.82, 2.24) is 4.90 Å². The van der Waals surface area contributed by atoms with Crippen molar-refractivity contribution in [2.75, 3.05) is 53.3 Å². The Kier molecular flexibility index (Phi) is 7.84. The summed E-state index contributed by atoms with van der Waals surface area (Å²) in [6, 6.07) is 9.33. The first-order valence-corrected chi connectivity index (χ1v) is 11.6. The average Bonchev–Trinajstić information content (AvgIpc) is 3.64. The molecule has 198 valence electrons. The Hall–Kier alpha value is -3.83. The molecule has 1 fully saturated rings. The standard InChI is InChI=1S/C26H30N2O9/c1-33-14-37-21-10-16(25(31)35-3)9-19-22(21)18(13-29)24(30)23-20(28(23)26(32)36-4)12-27(19)11-15-5-7-17(34-2)8-6-15/h5-10,18,20,23,29H,11-14H2,1-4H3/t18-,20+,23+,28?/m1/s1. The molecule has 4 rings (SSSR count). The minimum atomic E-state index is -1.02. The van der Waals surface area contributed by atoms with Crippen LogP contribution in [0.5, 0.6) is 11.5 Å². The first-order chi connectivity index (χ1) is 17.9. The summed E-state index contributed by atoms with van der Waals surface area (Å²) in [7, 11) is 5.56. The number of ether oxygens (including phenoxy) is 5. The second kappa shape index (κ2) is 11.1. The number of fused-ring (bicyclic) bond motifs is 2. The van der Waals surface area contributed by atoms with Crippen LogP contribution in [0.2, 0.25) is 0 Å².